The quantitative estimate of drug-likeness (QED) is 0.858. The molecule has 0 spiro atoms. The van der Waals surface area contributed by atoms with Gasteiger partial charge in [-0.2, -0.15) is 5.26 Å². The Kier molecular flexibility index (Phi) is 5.60. The van der Waals surface area contributed by atoms with Crippen LogP contribution in [0.3, 0.4) is 0 Å². The molecule has 21 heavy (non-hydrogen) atoms. The number of nitrogens with zero attached hydrogens (tertiary/aromatic N) is 3. The third-order valence-electron chi connectivity index (χ3n) is 3.98. The summed E-state index contributed by atoms with van der Waals surface area (Å²) in [7, 11) is 0. The predicted octanol–water partition coefficient (Wildman–Crippen LogP) is 2.33. The summed E-state index contributed by atoms with van der Waals surface area (Å²) in [5.41, 5.74) is 0.879. The van der Waals surface area contributed by atoms with Crippen LogP contribution in [0, 0.1) is 11.3 Å². The first-order valence-electron chi connectivity index (χ1n) is 7.24. The highest BCUT2D eigenvalue weighted by atomic mass is 35.5. The van der Waals surface area contributed by atoms with Crippen molar-refractivity contribution in [3.8, 4) is 6.07 Å². The Hall–Kier alpha value is -1.57. The van der Waals surface area contributed by atoms with Crippen molar-refractivity contribution in [1.29, 1.82) is 5.26 Å². The minimum absolute atomic E-state index is 0.121. The highest BCUT2D eigenvalue weighted by Gasteiger charge is 2.24. The van der Waals surface area contributed by atoms with Gasteiger partial charge in [-0.3, -0.25) is 9.69 Å². The maximum absolute atomic E-state index is 12.3. The van der Waals surface area contributed by atoms with Gasteiger partial charge in [-0.15, -0.1) is 0 Å². The number of halogens is 1. The molecule has 0 bridgehead atoms. The van der Waals surface area contributed by atoms with Gasteiger partial charge in [0.1, 0.15) is 0 Å². The molecule has 1 aliphatic rings. The minimum atomic E-state index is 0.121. The maximum atomic E-state index is 12.3. The van der Waals surface area contributed by atoms with E-state index in [4.69, 9.17) is 16.9 Å². The lowest BCUT2D eigenvalue weighted by Crippen LogP contribution is -2.51. The van der Waals surface area contributed by atoms with Gasteiger partial charge in [0.15, 0.2) is 0 Å². The van der Waals surface area contributed by atoms with Gasteiger partial charge in [0.05, 0.1) is 18.9 Å². The molecule has 1 aromatic carbocycles. The van der Waals surface area contributed by atoms with Crippen molar-refractivity contribution in [2.75, 3.05) is 26.2 Å². The number of piperazine rings is 1. The molecule has 1 saturated heterocycles. The number of carbonyl (C=O) groups excluding carboxylic acids is 1. The topological polar surface area (TPSA) is 47.3 Å². The molecule has 1 atom stereocenters. The Morgan fingerprint density at radius 1 is 1.33 bits per heavy atom. The van der Waals surface area contributed by atoms with Gasteiger partial charge in [-0.1, -0.05) is 29.8 Å². The molecule has 4 nitrogen and oxygen atoms in total. The van der Waals surface area contributed by atoms with E-state index in [0.717, 1.165) is 31.7 Å². The third-order valence-corrected chi connectivity index (χ3v) is 4.35. The van der Waals surface area contributed by atoms with Gasteiger partial charge < -0.3 is 4.90 Å². The molecule has 112 valence electrons. The summed E-state index contributed by atoms with van der Waals surface area (Å²) in [5.74, 6) is 0.121. The van der Waals surface area contributed by atoms with Gasteiger partial charge >= 0.3 is 0 Å². The first kappa shape index (κ1) is 15.8. The van der Waals surface area contributed by atoms with Crippen LogP contribution in [0.1, 0.15) is 18.9 Å². The first-order valence-corrected chi connectivity index (χ1v) is 7.62. The van der Waals surface area contributed by atoms with Gasteiger partial charge in [-0.05, 0) is 18.6 Å². The van der Waals surface area contributed by atoms with Gasteiger partial charge in [0.2, 0.25) is 5.91 Å². The van der Waals surface area contributed by atoms with Crippen LogP contribution in [-0.4, -0.2) is 47.9 Å². The summed E-state index contributed by atoms with van der Waals surface area (Å²) >= 11 is 6.10. The molecule has 0 aromatic heterocycles. The summed E-state index contributed by atoms with van der Waals surface area (Å²) in [4.78, 5) is 16.5. The van der Waals surface area contributed by atoms with Gasteiger partial charge in [0.25, 0.3) is 0 Å². The Balaban J connectivity index is 1.86. The number of hydrogen-bond acceptors (Lipinski definition) is 3. The zero-order valence-electron chi connectivity index (χ0n) is 12.3. The number of amides is 1. The fourth-order valence-electron chi connectivity index (χ4n) is 2.59. The second-order valence-corrected chi connectivity index (χ2v) is 5.80. The third kappa shape index (κ3) is 4.20. The predicted molar refractivity (Wildman–Crippen MR) is 83.0 cm³/mol. The van der Waals surface area contributed by atoms with Crippen molar-refractivity contribution in [1.82, 2.24) is 9.80 Å². The minimum Gasteiger partial charge on any atom is -0.340 e. The standard InChI is InChI=1S/C16H20ClN3O/c1-13(6-7-18)19-8-10-20(11-9-19)16(21)12-14-4-2-3-5-15(14)17/h2-5,13H,6,8-12H2,1H3/t13-/m1/s1. The molecule has 1 fully saturated rings. The lowest BCUT2D eigenvalue weighted by Gasteiger charge is -2.37. The summed E-state index contributed by atoms with van der Waals surface area (Å²) in [6.07, 6.45) is 0.890. The number of hydrogen-bond donors (Lipinski definition) is 0. The Morgan fingerprint density at radius 3 is 2.62 bits per heavy atom. The average molecular weight is 306 g/mol. The van der Waals surface area contributed by atoms with Gasteiger partial charge in [-0.25, -0.2) is 0 Å². The van der Waals surface area contributed by atoms with E-state index in [1.807, 2.05) is 29.2 Å². The number of rotatable bonds is 4. The van der Waals surface area contributed by atoms with Crippen molar-refractivity contribution in [3.63, 3.8) is 0 Å². The molecule has 1 aromatic rings. The summed E-state index contributed by atoms with van der Waals surface area (Å²) in [6, 6.07) is 9.93. The van der Waals surface area contributed by atoms with Crippen molar-refractivity contribution < 1.29 is 4.79 Å². The largest absolute Gasteiger partial charge is 0.340 e. The Morgan fingerprint density at radius 2 is 2.00 bits per heavy atom. The van der Waals surface area contributed by atoms with Crippen LogP contribution in [0.2, 0.25) is 5.02 Å². The summed E-state index contributed by atoms with van der Waals surface area (Å²) in [5, 5.41) is 9.39. The van der Waals surface area contributed by atoms with E-state index in [0.29, 0.717) is 17.9 Å². The molecule has 0 aliphatic carbocycles. The molecule has 0 N–H and O–H groups in total. The lowest BCUT2D eigenvalue weighted by atomic mass is 10.1. The van der Waals surface area contributed by atoms with Crippen LogP contribution in [0.15, 0.2) is 24.3 Å². The Bertz CT molecular complexity index is 533. The molecule has 0 unspecified atom stereocenters. The van der Waals surface area contributed by atoms with Crippen LogP contribution in [-0.2, 0) is 11.2 Å². The molecule has 5 heteroatoms. The van der Waals surface area contributed by atoms with Crippen LogP contribution in [0.4, 0.5) is 0 Å². The van der Waals surface area contributed by atoms with E-state index in [-0.39, 0.29) is 11.9 Å². The molecular weight excluding hydrogens is 286 g/mol. The first-order chi connectivity index (χ1) is 10.1. The zero-order chi connectivity index (χ0) is 15.2. The van der Waals surface area contributed by atoms with Gasteiger partial charge in [0, 0.05) is 37.2 Å². The maximum Gasteiger partial charge on any atom is 0.227 e. The Labute approximate surface area is 130 Å². The van der Waals surface area contributed by atoms with E-state index in [2.05, 4.69) is 17.9 Å². The normalized spacial score (nSPS) is 17.3. The number of nitriles is 1. The van der Waals surface area contributed by atoms with Crippen LogP contribution in [0.5, 0.6) is 0 Å². The highest BCUT2D eigenvalue weighted by molar-refractivity contribution is 6.31. The van der Waals surface area contributed by atoms with Crippen LogP contribution >= 0.6 is 11.6 Å². The number of carbonyl (C=O) groups is 1. The molecule has 0 saturated carbocycles. The molecule has 1 amide bonds. The fraction of sp³-hybridized carbons (Fsp3) is 0.500. The fourth-order valence-corrected chi connectivity index (χ4v) is 2.79. The smallest absolute Gasteiger partial charge is 0.227 e. The van der Waals surface area contributed by atoms with Crippen LogP contribution in [0.25, 0.3) is 0 Å². The lowest BCUT2D eigenvalue weighted by molar-refractivity contribution is -0.132. The van der Waals surface area contributed by atoms with Crippen molar-refractivity contribution in [3.05, 3.63) is 34.9 Å². The van der Waals surface area contributed by atoms with Crippen LogP contribution < -0.4 is 0 Å². The summed E-state index contributed by atoms with van der Waals surface area (Å²) < 4.78 is 0. The second kappa shape index (κ2) is 7.44. The molecule has 0 radical (unpaired) electrons. The second-order valence-electron chi connectivity index (χ2n) is 5.40. The molecule has 1 aliphatic heterocycles. The van der Waals surface area contributed by atoms with E-state index in [1.165, 1.54) is 0 Å². The van der Waals surface area contributed by atoms with E-state index in [9.17, 15) is 4.79 Å². The van der Waals surface area contributed by atoms with Crippen molar-refractivity contribution in [2.45, 2.75) is 25.8 Å². The number of benzene rings is 1. The van der Waals surface area contributed by atoms with E-state index >= 15 is 0 Å². The zero-order valence-corrected chi connectivity index (χ0v) is 13.0. The summed E-state index contributed by atoms with van der Waals surface area (Å²) in [6.45, 7) is 5.16. The molecule has 2 rings (SSSR count). The van der Waals surface area contributed by atoms with Crippen molar-refractivity contribution >= 4 is 17.5 Å². The van der Waals surface area contributed by atoms with Crippen molar-refractivity contribution in [2.24, 2.45) is 0 Å². The highest BCUT2D eigenvalue weighted by Crippen LogP contribution is 2.17. The molecule has 1 heterocycles. The SMILES string of the molecule is C[C@H](CC#N)N1CCN(C(=O)Cc2ccccc2Cl)CC1. The average Bonchev–Trinajstić information content (AvgIpc) is 2.50. The molecular formula is C16H20ClN3O. The van der Waals surface area contributed by atoms with E-state index in [1.54, 1.807) is 0 Å². The monoisotopic (exact) mass is 305 g/mol. The van der Waals surface area contributed by atoms with E-state index < -0.39 is 0 Å².